The molecule has 0 aliphatic heterocycles. The van der Waals surface area contributed by atoms with Gasteiger partial charge in [-0.05, 0) is 56.2 Å². The quantitative estimate of drug-likeness (QED) is 0.522. The Morgan fingerprint density at radius 2 is 1.79 bits per heavy atom. The molecular weight excluding hydrogens is 412 g/mol. The van der Waals surface area contributed by atoms with Gasteiger partial charge >= 0.3 is 0 Å². The second-order valence-electron chi connectivity index (χ2n) is 9.48. The number of nitrogens with two attached hydrogens (primary N) is 1. The maximum absolute atomic E-state index is 13.1. The average Bonchev–Trinajstić information content (AvgIpc) is 3.25. The van der Waals surface area contributed by atoms with Crippen LogP contribution in [0, 0.1) is 18.8 Å². The molecule has 1 fully saturated rings. The van der Waals surface area contributed by atoms with Crippen molar-refractivity contribution in [1.82, 2.24) is 14.1 Å². The van der Waals surface area contributed by atoms with Gasteiger partial charge in [-0.15, -0.1) is 0 Å². The number of hydrogen-bond acceptors (Lipinski definition) is 4. The Balaban J connectivity index is 1.56. The molecule has 0 radical (unpaired) electrons. The van der Waals surface area contributed by atoms with E-state index < -0.39 is 0 Å². The summed E-state index contributed by atoms with van der Waals surface area (Å²) < 4.78 is 3.60. The summed E-state index contributed by atoms with van der Waals surface area (Å²) in [7, 11) is 1.74. The van der Waals surface area contributed by atoms with Crippen LogP contribution in [0.3, 0.4) is 0 Å². The predicted molar refractivity (Wildman–Crippen MR) is 131 cm³/mol. The normalized spacial score (nSPS) is 18.4. The van der Waals surface area contributed by atoms with Crippen molar-refractivity contribution in [2.75, 3.05) is 6.54 Å². The van der Waals surface area contributed by atoms with Crippen molar-refractivity contribution in [3.05, 3.63) is 76.0 Å². The highest BCUT2D eigenvalue weighted by Crippen LogP contribution is 2.31. The third kappa shape index (κ3) is 5.50. The number of imidazole rings is 1. The largest absolute Gasteiger partial charge is 0.330 e. The molecule has 1 saturated carbocycles. The zero-order valence-electron chi connectivity index (χ0n) is 19.7. The zero-order valence-corrected chi connectivity index (χ0v) is 19.7. The molecule has 33 heavy (non-hydrogen) atoms. The van der Waals surface area contributed by atoms with Gasteiger partial charge in [0.25, 0.3) is 5.56 Å². The average molecular weight is 447 g/mol. The number of aromatic nitrogens is 3. The molecule has 0 unspecified atom stereocenters. The van der Waals surface area contributed by atoms with Crippen LogP contribution < -0.4 is 11.3 Å². The second-order valence-corrected chi connectivity index (χ2v) is 9.48. The van der Waals surface area contributed by atoms with Crippen LogP contribution in [0.25, 0.3) is 11.4 Å². The van der Waals surface area contributed by atoms with E-state index in [4.69, 9.17) is 10.7 Å². The molecule has 0 atom stereocenters. The Morgan fingerprint density at radius 1 is 1.09 bits per heavy atom. The van der Waals surface area contributed by atoms with Gasteiger partial charge in [0, 0.05) is 43.5 Å². The first-order valence-electron chi connectivity index (χ1n) is 12.0. The maximum Gasteiger partial charge on any atom is 0.253 e. The van der Waals surface area contributed by atoms with Gasteiger partial charge in [0.1, 0.15) is 11.5 Å². The van der Waals surface area contributed by atoms with Crippen LogP contribution in [-0.2, 0) is 13.6 Å². The lowest BCUT2D eigenvalue weighted by Gasteiger charge is -2.27. The summed E-state index contributed by atoms with van der Waals surface area (Å²) in [5.74, 6) is 2.06. The molecule has 174 valence electrons. The van der Waals surface area contributed by atoms with Crippen LogP contribution in [0.15, 0.2) is 53.6 Å². The van der Waals surface area contributed by atoms with Crippen molar-refractivity contribution < 1.29 is 4.79 Å². The number of hydrogen-bond donors (Lipinski definition) is 1. The second kappa shape index (κ2) is 10.3. The summed E-state index contributed by atoms with van der Waals surface area (Å²) in [5.41, 5.74) is 8.91. The Kier molecular flexibility index (Phi) is 7.23. The van der Waals surface area contributed by atoms with Gasteiger partial charge in [0.15, 0.2) is 5.78 Å². The lowest BCUT2D eigenvalue weighted by atomic mass is 9.80. The Bertz CT molecular complexity index is 1130. The lowest BCUT2D eigenvalue weighted by Crippen LogP contribution is -2.21. The van der Waals surface area contributed by atoms with E-state index in [2.05, 4.69) is 12.1 Å². The van der Waals surface area contributed by atoms with Crippen LogP contribution >= 0.6 is 0 Å². The molecule has 2 heterocycles. The van der Waals surface area contributed by atoms with Gasteiger partial charge in [-0.3, -0.25) is 9.59 Å². The number of carbonyl (C=O) groups excluding carboxylic acids is 1. The van der Waals surface area contributed by atoms with Crippen LogP contribution in [0.4, 0.5) is 0 Å². The SMILES string of the molecule is Cc1cc(-c2nc(C(=O)CCC3CCC(CN)CC3)cn2Cc2ccccc2)cn(C)c1=O. The Labute approximate surface area is 195 Å². The fourth-order valence-corrected chi connectivity index (χ4v) is 4.90. The third-order valence-electron chi connectivity index (χ3n) is 6.96. The number of benzene rings is 1. The number of nitrogens with zero attached hydrogens (tertiary/aromatic N) is 3. The van der Waals surface area contributed by atoms with E-state index in [1.54, 1.807) is 17.8 Å². The monoisotopic (exact) mass is 446 g/mol. The molecule has 0 bridgehead atoms. The lowest BCUT2D eigenvalue weighted by molar-refractivity contribution is 0.0963. The molecule has 1 aliphatic rings. The Morgan fingerprint density at radius 3 is 2.45 bits per heavy atom. The molecular formula is C27H34N4O2. The molecule has 4 rings (SSSR count). The minimum atomic E-state index is -0.0272. The Hall–Kier alpha value is -2.99. The van der Waals surface area contributed by atoms with Gasteiger partial charge in [-0.25, -0.2) is 4.98 Å². The topological polar surface area (TPSA) is 82.9 Å². The van der Waals surface area contributed by atoms with Gasteiger partial charge < -0.3 is 14.9 Å². The van der Waals surface area contributed by atoms with Crippen LogP contribution in [-0.4, -0.2) is 26.4 Å². The number of rotatable bonds is 8. The first-order chi connectivity index (χ1) is 15.9. The highest BCUT2D eigenvalue weighted by atomic mass is 16.1. The molecule has 3 aromatic rings. The maximum atomic E-state index is 13.1. The fourth-order valence-electron chi connectivity index (χ4n) is 4.90. The predicted octanol–water partition coefficient (Wildman–Crippen LogP) is 4.33. The zero-order chi connectivity index (χ0) is 23.4. The molecule has 6 nitrogen and oxygen atoms in total. The van der Waals surface area contributed by atoms with E-state index in [9.17, 15) is 9.59 Å². The van der Waals surface area contributed by atoms with Crippen molar-refractivity contribution in [1.29, 1.82) is 0 Å². The smallest absolute Gasteiger partial charge is 0.253 e. The summed E-state index contributed by atoms with van der Waals surface area (Å²) in [6.45, 7) is 3.20. The molecule has 1 aromatic carbocycles. The number of aryl methyl sites for hydroxylation is 2. The van der Waals surface area contributed by atoms with Crippen molar-refractivity contribution in [3.63, 3.8) is 0 Å². The standard InChI is InChI=1S/C27H34N4O2/c1-19-14-23(17-30(2)27(19)33)26-29-24(18-31(26)16-22-6-4-3-5-7-22)25(32)13-12-20-8-10-21(15-28)11-9-20/h3-7,14,17-18,20-21H,8-13,15-16,28H2,1-2H3. The van der Waals surface area contributed by atoms with Gasteiger partial charge in [-0.2, -0.15) is 0 Å². The molecule has 0 saturated heterocycles. The van der Waals surface area contributed by atoms with E-state index in [1.165, 1.54) is 25.7 Å². The van der Waals surface area contributed by atoms with Gasteiger partial charge in [-0.1, -0.05) is 43.2 Å². The molecule has 0 amide bonds. The van der Waals surface area contributed by atoms with Crippen molar-refractivity contribution >= 4 is 5.78 Å². The highest BCUT2D eigenvalue weighted by Gasteiger charge is 2.22. The van der Waals surface area contributed by atoms with E-state index >= 15 is 0 Å². The van der Waals surface area contributed by atoms with Crippen molar-refractivity contribution in [2.24, 2.45) is 24.6 Å². The molecule has 1 aliphatic carbocycles. The summed E-state index contributed by atoms with van der Waals surface area (Å²) >= 11 is 0. The molecule has 0 spiro atoms. The van der Waals surface area contributed by atoms with Crippen LogP contribution in [0.5, 0.6) is 0 Å². The summed E-state index contributed by atoms with van der Waals surface area (Å²) in [6.07, 6.45) is 9.79. The van der Waals surface area contributed by atoms with E-state index in [-0.39, 0.29) is 11.3 Å². The number of carbonyl (C=O) groups is 1. The van der Waals surface area contributed by atoms with Crippen molar-refractivity contribution in [2.45, 2.75) is 52.0 Å². The highest BCUT2D eigenvalue weighted by molar-refractivity contribution is 5.94. The van der Waals surface area contributed by atoms with Crippen LogP contribution in [0.1, 0.15) is 60.1 Å². The number of pyridine rings is 1. The number of Topliss-reactive ketones (excluding diaryl/α,β-unsaturated/α-hetero) is 1. The summed E-state index contributed by atoms with van der Waals surface area (Å²) in [5, 5.41) is 0. The van der Waals surface area contributed by atoms with Gasteiger partial charge in [0.2, 0.25) is 0 Å². The van der Waals surface area contributed by atoms with E-state index in [0.29, 0.717) is 41.9 Å². The van der Waals surface area contributed by atoms with Gasteiger partial charge in [0.05, 0.1) is 0 Å². The fraction of sp³-hybridized carbons (Fsp3) is 0.444. The molecule has 2 aromatic heterocycles. The molecule has 2 N–H and O–H groups in total. The van der Waals surface area contributed by atoms with E-state index in [1.807, 2.05) is 42.0 Å². The first-order valence-corrected chi connectivity index (χ1v) is 12.0. The minimum Gasteiger partial charge on any atom is -0.330 e. The van der Waals surface area contributed by atoms with E-state index in [0.717, 1.165) is 24.1 Å². The third-order valence-corrected chi connectivity index (χ3v) is 6.96. The van der Waals surface area contributed by atoms with Crippen molar-refractivity contribution in [3.8, 4) is 11.4 Å². The minimum absolute atomic E-state index is 0.0272. The van der Waals surface area contributed by atoms with Crippen LogP contribution in [0.2, 0.25) is 0 Å². The first kappa shape index (κ1) is 23.2. The summed E-state index contributed by atoms with van der Waals surface area (Å²) in [6, 6.07) is 12.0. The molecule has 6 heteroatoms. The number of ketones is 1. The summed E-state index contributed by atoms with van der Waals surface area (Å²) in [4.78, 5) is 30.0.